The molecule has 9 heterocycles. The van der Waals surface area contributed by atoms with Crippen molar-refractivity contribution >= 4 is 64.6 Å². The first-order chi connectivity index (χ1) is 67.0. The van der Waals surface area contributed by atoms with Gasteiger partial charge in [-0.05, 0) is 197 Å². The number of methoxy groups -OCH3 is 7. The van der Waals surface area contributed by atoms with E-state index < -0.39 is 149 Å². The van der Waals surface area contributed by atoms with Crippen molar-refractivity contribution < 1.29 is 115 Å². The van der Waals surface area contributed by atoms with E-state index in [1.54, 1.807) is 82.4 Å². The van der Waals surface area contributed by atoms with Gasteiger partial charge in [0.05, 0.1) is 109 Å². The number of nitriles is 4. The minimum atomic E-state index is -0.990. The number of aliphatic hydroxyl groups is 1. The van der Waals surface area contributed by atoms with E-state index in [9.17, 15) is 78.7 Å². The van der Waals surface area contributed by atoms with Crippen molar-refractivity contribution in [2.24, 2.45) is 5.73 Å². The van der Waals surface area contributed by atoms with Crippen molar-refractivity contribution in [3.05, 3.63) is 136 Å². The third kappa shape index (κ3) is 19.9. The molecule has 3 fully saturated rings. The maximum Gasteiger partial charge on any atom is 0.408 e. The second kappa shape index (κ2) is 43.8. The molecule has 18 atom stereocenters. The van der Waals surface area contributed by atoms with Crippen LogP contribution in [0, 0.1) is 66.1 Å². The Bertz CT molecular complexity index is 6000. The van der Waals surface area contributed by atoms with Crippen LogP contribution >= 0.6 is 0 Å². The molecule has 764 valence electrons. The molecule has 3 aliphatic carbocycles. The van der Waals surface area contributed by atoms with E-state index in [-0.39, 0.29) is 143 Å². The summed E-state index contributed by atoms with van der Waals surface area (Å²) in [4.78, 5) is 160. The lowest BCUT2D eigenvalue weighted by atomic mass is 9.69. The summed E-state index contributed by atoms with van der Waals surface area (Å²) < 4.78 is 55.2. The predicted octanol–water partition coefficient (Wildman–Crippen LogP) is 5.91. The predicted molar refractivity (Wildman–Crippen MR) is 513 cm³/mol. The number of nitrogens with one attached hydrogen (secondary N) is 5. The number of phenols is 2. The number of ketones is 6. The topological polar surface area (TPSA) is 542 Å². The number of piperazine rings is 3. The number of amides is 5. The molecular weight excluding hydrogens is 1830 g/mol. The second-order valence-corrected chi connectivity index (χ2v) is 39.2. The van der Waals surface area contributed by atoms with E-state index in [4.69, 9.17) is 63.5 Å². The van der Waals surface area contributed by atoms with Crippen molar-refractivity contribution in [1.82, 2.24) is 56.0 Å². The van der Waals surface area contributed by atoms with Gasteiger partial charge in [0, 0.05) is 144 Å². The normalized spacial score (nSPS) is 25.9. The van der Waals surface area contributed by atoms with Gasteiger partial charge in [0.25, 0.3) is 0 Å². The highest BCUT2D eigenvalue weighted by Crippen LogP contribution is 2.59. The smallest absolute Gasteiger partial charge is 0.408 e. The number of carbonyl (C=O) groups is 11. The number of rotatable bonds is 20. The van der Waals surface area contributed by atoms with Crippen LogP contribution in [0.15, 0.2) is 85.6 Å². The lowest BCUT2D eigenvalue weighted by Crippen LogP contribution is -2.71. The van der Waals surface area contributed by atoms with Crippen molar-refractivity contribution in [1.29, 1.82) is 21.0 Å². The molecular formula is C102H132N16O24. The molecule has 142 heavy (non-hydrogen) atoms. The maximum atomic E-state index is 14.1. The van der Waals surface area contributed by atoms with Gasteiger partial charge < -0.3 is 95.0 Å². The number of carbonyl (C=O) groups excluding carboxylic acids is 11. The summed E-state index contributed by atoms with van der Waals surface area (Å²) in [7, 11) is 16.9. The quantitative estimate of drug-likeness (QED) is 0.0469. The standard InChI is InChI=1S/C36H47N5O9.C34H43N5O8.C29H35N5O6.C2H3N.CH4O/c1-17-11-20-12-22-24(14-37)41-23(28(40(22)7)26(20)33(31(17)47-9)49-16-46-8)13-21-27(30(43)32(48-10)18(2)29(21)42)25(41)15-38-34(44)19(3)39-35(45)50-36(4,5)6;1-15-10-18-11-20-22(13-35)39-21(26(38(20)7)24(18)28(41)30(15)45-8)12-19-25(29(42)31(46-9)16(2)27(19)40)23(39)14-36-32(43)17(3)37-33(44)47-34(4,5)6;1-12-7-15-8-17-19(10-30)34-18(23(33(17)4)21(15)25(36)27(12)39-5)9-16-22(20(34)11-32-29(38)14(3)31)26(37)28(40-6)13(2)24(16)35;1-2-3;1-2/h11,19,22-25,28H,12-13,15-16H2,1-10H3,(H,38,44)(H,39,45);10,17,20-23,26,41H,11-12,14H2,1-9H3,(H,36,43)(H,37,44);7,14,17-20,23,36H,8-9,11,31H2,1-6H3,(H,32,38);1H3;2H,1H3/t19-,22+,23?,24?,25+,28+;17-,20+,21?,22?,23+,26+;14-,17-,18?,19?,20-,23-;;/m110../s1. The van der Waals surface area contributed by atoms with E-state index in [0.717, 1.165) is 46.1 Å². The Morgan fingerprint density at radius 1 is 0.437 bits per heavy atom. The Labute approximate surface area is 827 Å². The minimum Gasteiger partial charge on any atom is -0.504 e. The van der Waals surface area contributed by atoms with Crippen LogP contribution in [0.3, 0.4) is 0 Å². The number of ether oxygens (including phenoxy) is 10. The first-order valence-electron chi connectivity index (χ1n) is 46.9. The number of nitrogens with two attached hydrogens (primary N) is 1. The monoisotopic (exact) mass is 1960 g/mol. The fourth-order valence-corrected chi connectivity index (χ4v) is 22.8. The van der Waals surface area contributed by atoms with Crippen LogP contribution in [0.1, 0.15) is 177 Å². The van der Waals surface area contributed by atoms with Crippen molar-refractivity contribution in [3.8, 4) is 58.8 Å². The molecule has 40 heteroatoms. The molecule has 3 aromatic rings. The van der Waals surface area contributed by atoms with Gasteiger partial charge in [0.2, 0.25) is 35.1 Å². The summed E-state index contributed by atoms with van der Waals surface area (Å²) in [6.07, 6.45) is 0.381. The number of nitrogens with zero attached hydrogens (tertiary/aromatic N) is 10. The van der Waals surface area contributed by atoms with Gasteiger partial charge in [0.15, 0.2) is 75.9 Å². The molecule has 5 amide bonds. The largest absolute Gasteiger partial charge is 0.504 e. The second-order valence-electron chi connectivity index (χ2n) is 39.2. The first-order valence-corrected chi connectivity index (χ1v) is 46.9. The fraction of sp³-hybridized carbons (Fsp3) is 0.559. The number of allylic oxidation sites excluding steroid dienone is 6. The van der Waals surface area contributed by atoms with Crippen LogP contribution in [0.25, 0.3) is 0 Å². The highest BCUT2D eigenvalue weighted by molar-refractivity contribution is 6.27. The molecule has 10 N–H and O–H groups in total. The van der Waals surface area contributed by atoms with Gasteiger partial charge in [-0.15, -0.1) is 0 Å². The summed E-state index contributed by atoms with van der Waals surface area (Å²) in [5.74, 6) is -2.12. The number of Topliss-reactive ketones (excluding diaryl/α,β-unsaturated/α-hetero) is 6. The molecule has 15 rings (SSSR count). The lowest BCUT2D eigenvalue weighted by molar-refractivity contribution is -0.125. The number of aryl methyl sites for hydroxylation is 3. The molecule has 9 aliphatic heterocycles. The molecule has 0 radical (unpaired) electrons. The zero-order valence-corrected chi connectivity index (χ0v) is 85.7. The number of phenolic OH excluding ortho intramolecular Hbond substituents is 2. The zero-order chi connectivity index (χ0) is 105. The van der Waals surface area contributed by atoms with Gasteiger partial charge in [-0.2, -0.15) is 21.0 Å². The Hall–Kier alpha value is -13.1. The molecule has 40 nitrogen and oxygen atoms in total. The van der Waals surface area contributed by atoms with Gasteiger partial charge >= 0.3 is 12.2 Å². The average Bonchev–Trinajstić information content (AvgIpc) is 0.706. The number of benzene rings is 3. The van der Waals surface area contributed by atoms with Crippen molar-refractivity contribution in [3.63, 3.8) is 0 Å². The fourth-order valence-electron chi connectivity index (χ4n) is 22.8. The molecule has 6 unspecified atom stereocenters. The van der Waals surface area contributed by atoms with Gasteiger partial charge in [-0.1, -0.05) is 18.2 Å². The SMILES string of the molecule is CC#N.CO.COC1=C(C)C(=O)C2=C(C1=O)[C@H](CNC(=O)[C@@H](C)NC(=O)OC(C)(C)C)N1C(C2)[C@H]2c3c(cc(C)c(OC)c3O)C[C@@H](C1C#N)N2C.COC1=C(C)C(=O)C2=C(C1=O)[C@H](CNC(=O)[C@H](C)N)N1C(C2)[C@H]2c3c(cc(C)c(OC)c3O)C[C@@H](C1C#N)N2C.COCOc1c(OC)c(C)cc2c1[C@@H]1C3CC4=C(C(=O)C(OC)=C(C)C4=O)[C@H](CNC(=O)[C@@H](C)NC(=O)OC(C)(C)C)N3C(C#N)[C@H](C2)N1C. The number of alkyl carbamates (subject to hydrolysis) is 2. The molecule has 6 bridgehead atoms. The van der Waals surface area contributed by atoms with E-state index in [1.807, 2.05) is 68.7 Å². The number of hydrogen-bond acceptors (Lipinski definition) is 35. The van der Waals surface area contributed by atoms with Crippen LogP contribution in [-0.4, -0.2) is 316 Å². The Kier molecular flexibility index (Phi) is 33.7. The lowest BCUT2D eigenvalue weighted by Gasteiger charge is -2.60. The first kappa shape index (κ1) is 109. The van der Waals surface area contributed by atoms with E-state index in [2.05, 4.69) is 65.6 Å². The highest BCUT2D eigenvalue weighted by Gasteiger charge is 2.63. The summed E-state index contributed by atoms with van der Waals surface area (Å²) in [6.45, 7) is 26.3. The molecule has 0 aromatic heterocycles. The third-order valence-electron chi connectivity index (χ3n) is 28.6. The number of fused-ring (bicyclic) bond motifs is 18. The number of aromatic hydroxyl groups is 2. The van der Waals surface area contributed by atoms with Crippen LogP contribution < -0.4 is 51.3 Å². The van der Waals surface area contributed by atoms with Gasteiger partial charge in [0.1, 0.15) is 41.4 Å². The Morgan fingerprint density at radius 2 is 0.718 bits per heavy atom. The van der Waals surface area contributed by atoms with Crippen LogP contribution in [-0.2, 0) is 90.8 Å². The highest BCUT2D eigenvalue weighted by atomic mass is 16.7. The third-order valence-corrected chi connectivity index (χ3v) is 28.6. The Balaban J connectivity index is 0.000000200. The van der Waals surface area contributed by atoms with Crippen LogP contribution in [0.5, 0.6) is 34.5 Å². The van der Waals surface area contributed by atoms with E-state index in [1.165, 1.54) is 63.4 Å². The van der Waals surface area contributed by atoms with Crippen molar-refractivity contribution in [2.75, 3.05) is 104 Å². The van der Waals surface area contributed by atoms with E-state index in [0.29, 0.717) is 70.1 Å². The van der Waals surface area contributed by atoms with Gasteiger partial charge in [-0.25, -0.2) is 9.59 Å². The summed E-state index contributed by atoms with van der Waals surface area (Å²) in [5.41, 5.74) is 13.9. The molecule has 0 spiro atoms. The number of hydrogen-bond donors (Lipinski definition) is 9. The maximum absolute atomic E-state index is 14.1. The molecule has 3 saturated heterocycles. The number of aliphatic hydroxyl groups excluding tert-OH is 1. The number of likely N-dealkylation sites (N-methyl/N-ethyl adjacent to an activating group) is 3. The Morgan fingerprint density at radius 3 is 0.986 bits per heavy atom. The molecule has 3 aromatic carbocycles. The van der Waals surface area contributed by atoms with Crippen LogP contribution in [0.2, 0.25) is 0 Å². The van der Waals surface area contributed by atoms with E-state index >= 15 is 0 Å². The average molecular weight is 1970 g/mol. The van der Waals surface area contributed by atoms with Crippen LogP contribution in [0.4, 0.5) is 9.59 Å². The minimum absolute atomic E-state index is 0.00335. The molecule has 0 saturated carbocycles. The molecule has 12 aliphatic rings. The summed E-state index contributed by atoms with van der Waals surface area (Å²) in [5, 5.41) is 83.0. The summed E-state index contributed by atoms with van der Waals surface area (Å²) >= 11 is 0. The van der Waals surface area contributed by atoms with Gasteiger partial charge in [-0.3, -0.25) is 72.6 Å². The van der Waals surface area contributed by atoms with Crippen molar-refractivity contribution in [2.45, 2.75) is 269 Å². The zero-order valence-electron chi connectivity index (χ0n) is 85.7. The summed E-state index contributed by atoms with van der Waals surface area (Å²) in [6, 6.07) is 4.06.